The van der Waals surface area contributed by atoms with Gasteiger partial charge in [0.05, 0.1) is 4.92 Å². The van der Waals surface area contributed by atoms with E-state index < -0.39 is 16.6 Å². The van der Waals surface area contributed by atoms with E-state index in [-0.39, 0.29) is 12.2 Å². The van der Waals surface area contributed by atoms with Gasteiger partial charge in [-0.1, -0.05) is 15.9 Å². The molecular weight excluding hydrogens is 334 g/mol. The normalized spacial score (nSPS) is 10.3. The lowest BCUT2D eigenvalue weighted by atomic mass is 10.1. The molecule has 0 unspecified atom stereocenters. The smallest absolute Gasteiger partial charge is 0.274 e. The minimum Gasteiger partial charge on any atom is -0.381 e. The van der Waals surface area contributed by atoms with Crippen LogP contribution in [0, 0.1) is 21.7 Å². The number of nitro benzene ring substituents is 1. The second-order valence-electron chi connectivity index (χ2n) is 4.01. The molecule has 0 amide bonds. The zero-order valence-electron chi connectivity index (χ0n) is 10.1. The number of hydrogen-bond acceptors (Lipinski definition) is 3. The lowest BCUT2D eigenvalue weighted by Crippen LogP contribution is -2.03. The zero-order chi connectivity index (χ0) is 14.7. The largest absolute Gasteiger partial charge is 0.381 e. The maximum atomic E-state index is 13.0. The number of rotatable bonds is 4. The summed E-state index contributed by atoms with van der Waals surface area (Å²) in [6.07, 6.45) is 0. The first-order valence-corrected chi connectivity index (χ1v) is 6.38. The average Bonchev–Trinajstić information content (AvgIpc) is 2.40. The highest BCUT2D eigenvalue weighted by Gasteiger charge is 2.13. The topological polar surface area (TPSA) is 55.2 Å². The minimum absolute atomic E-state index is 0.0386. The molecule has 4 nitrogen and oxygen atoms in total. The molecule has 0 heterocycles. The summed E-state index contributed by atoms with van der Waals surface area (Å²) in [7, 11) is 0. The molecule has 0 bridgehead atoms. The molecule has 0 saturated carbocycles. The van der Waals surface area contributed by atoms with Crippen LogP contribution in [0.25, 0.3) is 0 Å². The Morgan fingerprint density at radius 3 is 2.55 bits per heavy atom. The van der Waals surface area contributed by atoms with Crippen molar-refractivity contribution < 1.29 is 13.7 Å². The molecule has 0 aliphatic carbocycles. The Hall–Kier alpha value is -2.02. The Morgan fingerprint density at radius 2 is 1.90 bits per heavy atom. The highest BCUT2D eigenvalue weighted by atomic mass is 79.9. The Morgan fingerprint density at radius 1 is 1.15 bits per heavy atom. The molecule has 0 aromatic heterocycles. The third-order valence-corrected chi connectivity index (χ3v) is 3.13. The van der Waals surface area contributed by atoms with E-state index in [4.69, 9.17) is 0 Å². The number of halogens is 3. The first kappa shape index (κ1) is 14.4. The standard InChI is InChI=1S/C13H9BrF2N2O2/c14-9-1-4-13(18(19)20)8(5-9)7-17-10-2-3-11(15)12(16)6-10/h1-6,17H,7H2. The van der Waals surface area contributed by atoms with Gasteiger partial charge in [-0.3, -0.25) is 10.1 Å². The van der Waals surface area contributed by atoms with Crippen LogP contribution in [0.4, 0.5) is 20.2 Å². The van der Waals surface area contributed by atoms with Crippen molar-refractivity contribution in [1.29, 1.82) is 0 Å². The summed E-state index contributed by atoms with van der Waals surface area (Å²) in [5.41, 5.74) is 0.746. The van der Waals surface area contributed by atoms with Crippen LogP contribution < -0.4 is 5.32 Å². The van der Waals surface area contributed by atoms with Gasteiger partial charge < -0.3 is 5.32 Å². The Balaban J connectivity index is 2.20. The maximum absolute atomic E-state index is 13.0. The van der Waals surface area contributed by atoms with E-state index in [0.717, 1.165) is 12.1 Å². The van der Waals surface area contributed by atoms with E-state index in [2.05, 4.69) is 21.2 Å². The van der Waals surface area contributed by atoms with Crippen LogP contribution in [0.1, 0.15) is 5.56 Å². The summed E-state index contributed by atoms with van der Waals surface area (Å²) in [6, 6.07) is 7.91. The van der Waals surface area contributed by atoms with Crippen molar-refractivity contribution in [2.24, 2.45) is 0 Å². The maximum Gasteiger partial charge on any atom is 0.274 e. The van der Waals surface area contributed by atoms with Gasteiger partial charge in [0, 0.05) is 34.4 Å². The monoisotopic (exact) mass is 342 g/mol. The Bertz CT molecular complexity index is 665. The molecule has 0 saturated heterocycles. The predicted octanol–water partition coefficient (Wildman–Crippen LogP) is 4.25. The molecule has 0 radical (unpaired) electrons. The molecule has 2 rings (SSSR count). The Kier molecular flexibility index (Phi) is 4.29. The third kappa shape index (κ3) is 3.30. The van der Waals surface area contributed by atoms with Crippen molar-refractivity contribution >= 4 is 27.3 Å². The molecule has 2 aromatic carbocycles. The van der Waals surface area contributed by atoms with Crippen LogP contribution >= 0.6 is 15.9 Å². The SMILES string of the molecule is O=[N+]([O-])c1ccc(Br)cc1CNc1ccc(F)c(F)c1. The van der Waals surface area contributed by atoms with Gasteiger partial charge in [-0.25, -0.2) is 8.78 Å². The molecule has 20 heavy (non-hydrogen) atoms. The van der Waals surface area contributed by atoms with Crippen molar-refractivity contribution in [2.45, 2.75) is 6.54 Å². The quantitative estimate of drug-likeness (QED) is 0.667. The predicted molar refractivity (Wildman–Crippen MR) is 74.5 cm³/mol. The Labute approximate surface area is 121 Å². The molecule has 1 N–H and O–H groups in total. The highest BCUT2D eigenvalue weighted by Crippen LogP contribution is 2.24. The summed E-state index contributed by atoms with van der Waals surface area (Å²) < 4.78 is 26.5. The fourth-order valence-corrected chi connectivity index (χ4v) is 2.09. The third-order valence-electron chi connectivity index (χ3n) is 2.64. The van der Waals surface area contributed by atoms with Crippen molar-refractivity contribution in [3.63, 3.8) is 0 Å². The number of nitrogens with zero attached hydrogens (tertiary/aromatic N) is 1. The number of benzene rings is 2. The van der Waals surface area contributed by atoms with E-state index in [0.29, 0.717) is 15.7 Å². The fraction of sp³-hybridized carbons (Fsp3) is 0.0769. The van der Waals surface area contributed by atoms with Crippen molar-refractivity contribution in [2.75, 3.05) is 5.32 Å². The zero-order valence-corrected chi connectivity index (χ0v) is 11.7. The summed E-state index contributed by atoms with van der Waals surface area (Å²) in [5.74, 6) is -1.91. The van der Waals surface area contributed by atoms with Gasteiger partial charge in [0.1, 0.15) is 0 Å². The first-order chi connectivity index (χ1) is 9.47. The van der Waals surface area contributed by atoms with Crippen LogP contribution in [-0.4, -0.2) is 4.92 Å². The van der Waals surface area contributed by atoms with Crippen LogP contribution in [0.3, 0.4) is 0 Å². The van der Waals surface area contributed by atoms with Crippen molar-refractivity contribution in [3.8, 4) is 0 Å². The number of nitro groups is 1. The van der Waals surface area contributed by atoms with E-state index in [9.17, 15) is 18.9 Å². The number of anilines is 1. The number of nitrogens with one attached hydrogen (secondary N) is 1. The molecule has 0 spiro atoms. The van der Waals surface area contributed by atoms with Crippen LogP contribution in [-0.2, 0) is 6.54 Å². The van der Waals surface area contributed by atoms with E-state index in [1.54, 1.807) is 12.1 Å². The van der Waals surface area contributed by atoms with Gasteiger partial charge >= 0.3 is 0 Å². The molecule has 0 fully saturated rings. The molecule has 0 aliphatic heterocycles. The van der Waals surface area contributed by atoms with Crippen LogP contribution in [0.5, 0.6) is 0 Å². The summed E-state index contributed by atoms with van der Waals surface area (Å²) in [6.45, 7) is 0.126. The van der Waals surface area contributed by atoms with Crippen LogP contribution in [0.15, 0.2) is 40.9 Å². The molecular formula is C13H9BrF2N2O2. The van der Waals surface area contributed by atoms with Crippen molar-refractivity contribution in [3.05, 3.63) is 68.2 Å². The second-order valence-corrected chi connectivity index (χ2v) is 4.93. The lowest BCUT2D eigenvalue weighted by molar-refractivity contribution is -0.385. The fourth-order valence-electron chi connectivity index (χ4n) is 1.68. The van der Waals surface area contributed by atoms with Gasteiger partial charge in [-0.05, 0) is 24.3 Å². The average molecular weight is 343 g/mol. The minimum atomic E-state index is -0.973. The summed E-state index contributed by atoms with van der Waals surface area (Å²) in [4.78, 5) is 10.4. The summed E-state index contributed by atoms with van der Waals surface area (Å²) >= 11 is 3.23. The van der Waals surface area contributed by atoms with E-state index in [1.807, 2.05) is 0 Å². The van der Waals surface area contributed by atoms with Gasteiger partial charge in [0.2, 0.25) is 0 Å². The second kappa shape index (κ2) is 5.96. The summed E-state index contributed by atoms with van der Waals surface area (Å²) in [5, 5.41) is 13.7. The number of hydrogen-bond donors (Lipinski definition) is 1. The van der Waals surface area contributed by atoms with E-state index >= 15 is 0 Å². The van der Waals surface area contributed by atoms with Gasteiger partial charge in [-0.15, -0.1) is 0 Å². The van der Waals surface area contributed by atoms with Gasteiger partial charge in [0.25, 0.3) is 5.69 Å². The molecule has 7 heteroatoms. The molecule has 2 aromatic rings. The highest BCUT2D eigenvalue weighted by molar-refractivity contribution is 9.10. The van der Waals surface area contributed by atoms with Gasteiger partial charge in [-0.2, -0.15) is 0 Å². The van der Waals surface area contributed by atoms with E-state index in [1.165, 1.54) is 12.1 Å². The van der Waals surface area contributed by atoms with Gasteiger partial charge in [0.15, 0.2) is 11.6 Å². The molecule has 0 aliphatic rings. The van der Waals surface area contributed by atoms with Crippen LogP contribution in [0.2, 0.25) is 0 Å². The molecule has 0 atom stereocenters. The first-order valence-electron chi connectivity index (χ1n) is 5.59. The lowest BCUT2D eigenvalue weighted by Gasteiger charge is -2.08. The van der Waals surface area contributed by atoms with Crippen molar-refractivity contribution in [1.82, 2.24) is 0 Å². The molecule has 104 valence electrons.